The first kappa shape index (κ1) is 15.8. The number of benzene rings is 1. The van der Waals surface area contributed by atoms with Crippen LogP contribution in [-0.2, 0) is 6.42 Å². The molecule has 0 heterocycles. The molecule has 2 rings (SSSR count). The Hall–Kier alpha value is -0.540. The lowest BCUT2D eigenvalue weighted by atomic mass is 9.70. The Labute approximate surface area is 131 Å². The van der Waals surface area contributed by atoms with E-state index in [0.29, 0.717) is 11.5 Å². The van der Waals surface area contributed by atoms with Crippen LogP contribution in [0.5, 0.6) is 5.75 Å². The molecule has 3 heteroatoms. The quantitative estimate of drug-likeness (QED) is 0.692. The Kier molecular flexibility index (Phi) is 5.50. The molecule has 0 spiro atoms. The van der Waals surface area contributed by atoms with E-state index in [1.165, 1.54) is 31.4 Å². The van der Waals surface area contributed by atoms with Crippen LogP contribution in [0.3, 0.4) is 0 Å². The molecule has 1 aromatic rings. The summed E-state index contributed by atoms with van der Waals surface area (Å²) in [6.07, 6.45) is 5.16. The van der Waals surface area contributed by atoms with Crippen molar-refractivity contribution >= 4 is 15.9 Å². The number of alkyl halides is 1. The predicted molar refractivity (Wildman–Crippen MR) is 88.9 cm³/mol. The Bertz CT molecular complexity index is 425. The van der Waals surface area contributed by atoms with Gasteiger partial charge in [0.05, 0.1) is 7.11 Å². The van der Waals surface area contributed by atoms with Crippen molar-refractivity contribution in [2.24, 2.45) is 5.41 Å². The lowest BCUT2D eigenvalue weighted by Crippen LogP contribution is -2.45. The number of para-hydroxylation sites is 1. The summed E-state index contributed by atoms with van der Waals surface area (Å²) >= 11 is 3.70. The Morgan fingerprint density at radius 2 is 2.05 bits per heavy atom. The molecule has 1 aliphatic rings. The molecular weight excluding hydrogens is 314 g/mol. The number of ether oxygens (including phenoxy) is 1. The summed E-state index contributed by atoms with van der Waals surface area (Å²) in [5, 5.41) is 1.13. The monoisotopic (exact) mass is 339 g/mol. The molecule has 0 bridgehead atoms. The molecule has 1 atom stereocenters. The Balaban J connectivity index is 1.95. The minimum Gasteiger partial charge on any atom is -0.496 e. The highest BCUT2D eigenvalue weighted by atomic mass is 79.9. The van der Waals surface area contributed by atoms with Crippen LogP contribution in [0.15, 0.2) is 24.3 Å². The van der Waals surface area contributed by atoms with Crippen LogP contribution in [0, 0.1) is 5.41 Å². The maximum absolute atomic E-state index is 5.45. The van der Waals surface area contributed by atoms with Gasteiger partial charge in [0.1, 0.15) is 5.75 Å². The lowest BCUT2D eigenvalue weighted by Gasteiger charge is -2.44. The molecule has 1 unspecified atom stereocenters. The van der Waals surface area contributed by atoms with Gasteiger partial charge in [-0.3, -0.25) is 0 Å². The highest BCUT2D eigenvalue weighted by molar-refractivity contribution is 9.09. The third-order valence-corrected chi connectivity index (χ3v) is 5.93. The molecule has 1 saturated carbocycles. The van der Waals surface area contributed by atoms with Crippen LogP contribution in [0.2, 0.25) is 0 Å². The fourth-order valence-electron chi connectivity index (χ4n) is 3.04. The van der Waals surface area contributed by atoms with Gasteiger partial charge in [-0.2, -0.15) is 0 Å². The van der Waals surface area contributed by atoms with Crippen LogP contribution < -0.4 is 4.74 Å². The zero-order valence-corrected chi connectivity index (χ0v) is 14.4. The Morgan fingerprint density at radius 3 is 2.60 bits per heavy atom. The van der Waals surface area contributed by atoms with Crippen molar-refractivity contribution in [2.45, 2.75) is 38.6 Å². The molecule has 0 aliphatic heterocycles. The van der Waals surface area contributed by atoms with E-state index in [9.17, 15) is 0 Å². The van der Waals surface area contributed by atoms with Crippen molar-refractivity contribution in [1.82, 2.24) is 4.90 Å². The summed E-state index contributed by atoms with van der Waals surface area (Å²) in [6.45, 7) is 3.50. The third-order valence-electron chi connectivity index (χ3n) is 4.74. The van der Waals surface area contributed by atoms with Crippen LogP contribution in [0.25, 0.3) is 0 Å². The van der Waals surface area contributed by atoms with Crippen LogP contribution >= 0.6 is 15.9 Å². The Morgan fingerprint density at radius 1 is 1.35 bits per heavy atom. The topological polar surface area (TPSA) is 12.5 Å². The summed E-state index contributed by atoms with van der Waals surface area (Å²) in [4.78, 5) is 2.51. The van der Waals surface area contributed by atoms with Crippen molar-refractivity contribution in [1.29, 1.82) is 0 Å². The average molecular weight is 340 g/mol. The summed E-state index contributed by atoms with van der Waals surface area (Å²) < 4.78 is 5.45. The van der Waals surface area contributed by atoms with Gasteiger partial charge in [-0.25, -0.2) is 0 Å². The number of hydrogen-bond donors (Lipinski definition) is 0. The highest BCUT2D eigenvalue weighted by Crippen LogP contribution is 2.43. The maximum atomic E-state index is 5.45. The SMILES string of the molecule is COc1ccccc1CC(C)N(C)CC1(CBr)CCC1. The number of methoxy groups -OCH3 is 1. The summed E-state index contributed by atoms with van der Waals surface area (Å²) in [5.41, 5.74) is 1.82. The second-order valence-corrected chi connectivity index (χ2v) is 6.83. The minimum absolute atomic E-state index is 0.518. The summed E-state index contributed by atoms with van der Waals surface area (Å²) in [5.74, 6) is 1.01. The molecular formula is C17H26BrNO. The first-order valence-electron chi connectivity index (χ1n) is 7.48. The van der Waals surface area contributed by atoms with Crippen LogP contribution in [-0.4, -0.2) is 37.0 Å². The summed E-state index contributed by atoms with van der Waals surface area (Å²) in [6, 6.07) is 8.88. The van der Waals surface area contributed by atoms with Gasteiger partial charge in [0.15, 0.2) is 0 Å². The normalized spacial score (nSPS) is 18.6. The van der Waals surface area contributed by atoms with Crippen molar-refractivity contribution in [3.63, 3.8) is 0 Å². The van der Waals surface area contributed by atoms with Gasteiger partial charge >= 0.3 is 0 Å². The van der Waals surface area contributed by atoms with Gasteiger partial charge in [0, 0.05) is 17.9 Å². The van der Waals surface area contributed by atoms with Gasteiger partial charge in [0.25, 0.3) is 0 Å². The van der Waals surface area contributed by atoms with Crippen LogP contribution in [0.4, 0.5) is 0 Å². The van der Waals surface area contributed by atoms with Gasteiger partial charge < -0.3 is 9.64 Å². The van der Waals surface area contributed by atoms with E-state index in [4.69, 9.17) is 4.74 Å². The lowest BCUT2D eigenvalue weighted by molar-refractivity contribution is 0.0862. The molecule has 1 aliphatic carbocycles. The molecule has 0 radical (unpaired) electrons. The molecule has 0 N–H and O–H groups in total. The van der Waals surface area contributed by atoms with E-state index in [1.807, 2.05) is 12.1 Å². The van der Waals surface area contributed by atoms with Crippen LogP contribution in [0.1, 0.15) is 31.7 Å². The number of rotatable bonds is 7. The predicted octanol–water partition coefficient (Wildman–Crippen LogP) is 4.12. The van der Waals surface area contributed by atoms with E-state index in [1.54, 1.807) is 7.11 Å². The van der Waals surface area contributed by atoms with Crippen molar-refractivity contribution in [2.75, 3.05) is 26.0 Å². The van der Waals surface area contributed by atoms with Gasteiger partial charge in [-0.1, -0.05) is 40.5 Å². The number of likely N-dealkylation sites (N-methyl/N-ethyl adjacent to an activating group) is 1. The third kappa shape index (κ3) is 3.56. The fraction of sp³-hybridized carbons (Fsp3) is 0.647. The molecule has 1 fully saturated rings. The van der Waals surface area contributed by atoms with Gasteiger partial charge in [-0.05, 0) is 50.3 Å². The number of hydrogen-bond acceptors (Lipinski definition) is 2. The second kappa shape index (κ2) is 6.95. The molecule has 0 saturated heterocycles. The zero-order valence-electron chi connectivity index (χ0n) is 12.9. The molecule has 112 valence electrons. The van der Waals surface area contributed by atoms with Crippen molar-refractivity contribution < 1.29 is 4.74 Å². The first-order valence-corrected chi connectivity index (χ1v) is 8.60. The van der Waals surface area contributed by atoms with E-state index < -0.39 is 0 Å². The maximum Gasteiger partial charge on any atom is 0.122 e. The standard InChI is InChI=1S/C17H26BrNO/c1-14(11-15-7-4-5-8-16(15)20-3)19(2)13-17(12-18)9-6-10-17/h4-5,7-8,14H,6,9-13H2,1-3H3. The minimum atomic E-state index is 0.518. The first-order chi connectivity index (χ1) is 9.60. The largest absolute Gasteiger partial charge is 0.496 e. The smallest absolute Gasteiger partial charge is 0.122 e. The van der Waals surface area contributed by atoms with E-state index in [-0.39, 0.29) is 0 Å². The second-order valence-electron chi connectivity index (χ2n) is 6.27. The van der Waals surface area contributed by atoms with E-state index >= 15 is 0 Å². The zero-order chi connectivity index (χ0) is 14.6. The average Bonchev–Trinajstić information content (AvgIpc) is 2.43. The van der Waals surface area contributed by atoms with E-state index in [2.05, 4.69) is 46.9 Å². The molecule has 2 nitrogen and oxygen atoms in total. The fourth-order valence-corrected chi connectivity index (χ4v) is 3.78. The highest BCUT2D eigenvalue weighted by Gasteiger charge is 2.37. The number of nitrogens with zero attached hydrogens (tertiary/aromatic N) is 1. The van der Waals surface area contributed by atoms with Crippen molar-refractivity contribution in [3.05, 3.63) is 29.8 Å². The summed E-state index contributed by atoms with van der Waals surface area (Å²) in [7, 11) is 4.00. The molecule has 0 amide bonds. The van der Waals surface area contributed by atoms with Gasteiger partial charge in [0.2, 0.25) is 0 Å². The number of halogens is 1. The van der Waals surface area contributed by atoms with Gasteiger partial charge in [-0.15, -0.1) is 0 Å². The van der Waals surface area contributed by atoms with Crippen molar-refractivity contribution in [3.8, 4) is 5.75 Å². The molecule has 0 aromatic heterocycles. The molecule has 1 aromatic carbocycles. The molecule has 20 heavy (non-hydrogen) atoms. The van der Waals surface area contributed by atoms with E-state index in [0.717, 1.165) is 17.5 Å².